The first-order chi connectivity index (χ1) is 20.9. The standard InChI is InChI=1S/C28H23F4N7O4S/c1-15(2)19-7-5-17(42-3)11-22(19)39-24(40)13-44-27(39)36-26(41)35-21-8-4-16(10-20(21)29)25-34-14-38(37-25)23-9-6-18(12-33-23)43-28(30,31)32/h4-12,14-15H,13H2,1-3H3,(H,35,41). The van der Waals surface area contributed by atoms with E-state index < -0.39 is 24.0 Å². The smallest absolute Gasteiger partial charge is 0.497 e. The van der Waals surface area contributed by atoms with Gasteiger partial charge in [0.25, 0.3) is 0 Å². The highest BCUT2D eigenvalue weighted by Crippen LogP contribution is 2.36. The quantitative estimate of drug-likeness (QED) is 0.241. The molecular formula is C28H23F4N7O4S. The lowest BCUT2D eigenvalue weighted by Crippen LogP contribution is -2.31. The molecule has 5 rings (SSSR count). The van der Waals surface area contributed by atoms with Gasteiger partial charge in [0.05, 0.1) is 30.4 Å². The molecule has 1 N–H and O–H groups in total. The molecule has 1 fully saturated rings. The van der Waals surface area contributed by atoms with Crippen LogP contribution in [0.25, 0.3) is 17.2 Å². The number of hydrogen-bond donors (Lipinski definition) is 1. The first kappa shape index (κ1) is 30.5. The van der Waals surface area contributed by atoms with Gasteiger partial charge in [-0.2, -0.15) is 4.99 Å². The summed E-state index contributed by atoms with van der Waals surface area (Å²) >= 11 is 1.08. The number of aromatic nitrogens is 4. The predicted octanol–water partition coefficient (Wildman–Crippen LogP) is 6.17. The number of alkyl halides is 3. The Labute approximate surface area is 251 Å². The van der Waals surface area contributed by atoms with Gasteiger partial charge in [-0.05, 0) is 47.9 Å². The zero-order valence-electron chi connectivity index (χ0n) is 23.3. The average molecular weight is 630 g/mol. The van der Waals surface area contributed by atoms with Crippen molar-refractivity contribution in [3.8, 4) is 28.7 Å². The fraction of sp³-hybridized carbons (Fsp3) is 0.214. The summed E-state index contributed by atoms with van der Waals surface area (Å²) in [6.07, 6.45) is -2.72. The van der Waals surface area contributed by atoms with Gasteiger partial charge in [0.1, 0.15) is 23.6 Å². The molecule has 3 heterocycles. The van der Waals surface area contributed by atoms with E-state index in [0.717, 1.165) is 35.7 Å². The van der Waals surface area contributed by atoms with Gasteiger partial charge in [-0.15, -0.1) is 18.3 Å². The Balaban J connectivity index is 1.31. The minimum absolute atomic E-state index is 0.0626. The zero-order chi connectivity index (χ0) is 31.6. The van der Waals surface area contributed by atoms with Crippen LogP contribution in [-0.2, 0) is 4.79 Å². The molecule has 0 radical (unpaired) electrons. The monoisotopic (exact) mass is 629 g/mol. The summed E-state index contributed by atoms with van der Waals surface area (Å²) in [6.45, 7) is 3.94. The molecule has 0 bridgehead atoms. The Morgan fingerprint density at radius 2 is 1.86 bits per heavy atom. The van der Waals surface area contributed by atoms with E-state index in [0.29, 0.717) is 11.4 Å². The van der Waals surface area contributed by atoms with Crippen LogP contribution in [0.4, 0.5) is 33.7 Å². The summed E-state index contributed by atoms with van der Waals surface area (Å²) in [5.41, 5.74) is 1.49. The zero-order valence-corrected chi connectivity index (χ0v) is 24.1. The van der Waals surface area contributed by atoms with Crippen molar-refractivity contribution < 1.29 is 36.6 Å². The third-order valence-electron chi connectivity index (χ3n) is 6.21. The lowest BCUT2D eigenvalue weighted by molar-refractivity contribution is -0.274. The lowest BCUT2D eigenvalue weighted by Gasteiger charge is -2.22. The number of urea groups is 1. The van der Waals surface area contributed by atoms with Crippen molar-refractivity contribution in [3.05, 3.63) is 72.4 Å². The maximum Gasteiger partial charge on any atom is 0.573 e. The van der Waals surface area contributed by atoms with Gasteiger partial charge < -0.3 is 14.8 Å². The fourth-order valence-electron chi connectivity index (χ4n) is 4.21. The molecule has 2 aromatic carbocycles. The van der Waals surface area contributed by atoms with Crippen LogP contribution in [0.1, 0.15) is 25.3 Å². The van der Waals surface area contributed by atoms with Crippen LogP contribution in [0, 0.1) is 5.82 Å². The predicted molar refractivity (Wildman–Crippen MR) is 155 cm³/mol. The number of carbonyl (C=O) groups excluding carboxylic acids is 2. The number of rotatable bonds is 7. The fourth-order valence-corrected chi connectivity index (χ4v) is 5.07. The summed E-state index contributed by atoms with van der Waals surface area (Å²) in [5, 5.41) is 6.72. The van der Waals surface area contributed by atoms with Crippen molar-refractivity contribution in [2.75, 3.05) is 23.1 Å². The molecule has 0 spiro atoms. The van der Waals surface area contributed by atoms with Crippen molar-refractivity contribution in [2.24, 2.45) is 4.99 Å². The first-order valence-corrected chi connectivity index (χ1v) is 13.9. The van der Waals surface area contributed by atoms with Crippen LogP contribution >= 0.6 is 11.8 Å². The molecule has 0 atom stereocenters. The number of carbonyl (C=O) groups is 2. The van der Waals surface area contributed by atoms with Crippen LogP contribution in [0.5, 0.6) is 11.5 Å². The highest BCUT2D eigenvalue weighted by atomic mass is 32.2. The van der Waals surface area contributed by atoms with E-state index in [4.69, 9.17) is 4.74 Å². The Morgan fingerprint density at radius 1 is 1.09 bits per heavy atom. The van der Waals surface area contributed by atoms with E-state index >= 15 is 4.39 Å². The SMILES string of the molecule is COc1ccc(C(C)C)c(N2C(=O)CSC2=NC(=O)Nc2ccc(-c3ncn(-c4ccc(OC(F)(F)F)cn4)n3)cc2F)c1. The molecule has 1 saturated heterocycles. The minimum Gasteiger partial charge on any atom is -0.497 e. The number of amidine groups is 1. The van der Waals surface area contributed by atoms with E-state index in [2.05, 4.69) is 30.1 Å². The Bertz CT molecular complexity index is 1740. The number of methoxy groups -OCH3 is 1. The lowest BCUT2D eigenvalue weighted by atomic mass is 10.00. The number of benzene rings is 2. The highest BCUT2D eigenvalue weighted by Gasteiger charge is 2.33. The van der Waals surface area contributed by atoms with Crippen LogP contribution in [-0.4, -0.2) is 56.1 Å². The number of nitrogens with one attached hydrogen (secondary N) is 1. The molecule has 0 unspecified atom stereocenters. The second-order valence-electron chi connectivity index (χ2n) is 9.53. The number of anilines is 2. The van der Waals surface area contributed by atoms with Crippen molar-refractivity contribution in [1.29, 1.82) is 0 Å². The molecule has 44 heavy (non-hydrogen) atoms. The summed E-state index contributed by atoms with van der Waals surface area (Å²) in [5.74, 6) is -0.663. The number of hydrogen-bond acceptors (Lipinski definition) is 8. The number of thioether (sulfide) groups is 1. The van der Waals surface area contributed by atoms with E-state index in [9.17, 15) is 22.8 Å². The Morgan fingerprint density at radius 3 is 2.52 bits per heavy atom. The van der Waals surface area contributed by atoms with Crippen molar-refractivity contribution in [3.63, 3.8) is 0 Å². The number of nitrogens with zero attached hydrogens (tertiary/aromatic N) is 6. The molecule has 11 nitrogen and oxygen atoms in total. The summed E-state index contributed by atoms with van der Waals surface area (Å²) < 4.78 is 62.5. The maximum absolute atomic E-state index is 15.0. The van der Waals surface area contributed by atoms with Gasteiger partial charge in [0, 0.05) is 11.6 Å². The molecule has 16 heteroatoms. The second-order valence-corrected chi connectivity index (χ2v) is 10.5. The van der Waals surface area contributed by atoms with Crippen molar-refractivity contribution in [1.82, 2.24) is 19.7 Å². The largest absolute Gasteiger partial charge is 0.573 e. The van der Waals surface area contributed by atoms with E-state index in [1.54, 1.807) is 12.1 Å². The minimum atomic E-state index is -4.85. The molecule has 228 valence electrons. The number of ether oxygens (including phenoxy) is 2. The molecule has 1 aliphatic heterocycles. The van der Waals surface area contributed by atoms with Gasteiger partial charge in [0.15, 0.2) is 16.8 Å². The Hall–Kier alpha value is -4.99. The van der Waals surface area contributed by atoms with Crippen LogP contribution < -0.4 is 19.7 Å². The van der Waals surface area contributed by atoms with E-state index in [1.807, 2.05) is 19.9 Å². The van der Waals surface area contributed by atoms with Gasteiger partial charge in [-0.3, -0.25) is 9.69 Å². The van der Waals surface area contributed by atoms with Crippen LogP contribution in [0.3, 0.4) is 0 Å². The molecular weight excluding hydrogens is 606 g/mol. The first-order valence-electron chi connectivity index (χ1n) is 12.9. The third kappa shape index (κ3) is 6.80. The number of aliphatic imine (C=N–C) groups is 1. The Kier molecular flexibility index (Phi) is 8.53. The molecule has 3 amide bonds. The van der Waals surface area contributed by atoms with E-state index in [1.165, 1.54) is 41.2 Å². The van der Waals surface area contributed by atoms with Crippen LogP contribution in [0.15, 0.2) is 66.0 Å². The van der Waals surface area contributed by atoms with Crippen LogP contribution in [0.2, 0.25) is 0 Å². The number of pyridine rings is 1. The molecule has 1 aliphatic rings. The topological polar surface area (TPSA) is 124 Å². The molecule has 0 aliphatic carbocycles. The number of halogens is 4. The summed E-state index contributed by atoms with van der Waals surface area (Å²) in [4.78, 5) is 39.0. The van der Waals surface area contributed by atoms with Gasteiger partial charge in [0.2, 0.25) is 5.91 Å². The second kappa shape index (κ2) is 12.3. The number of amides is 3. The van der Waals surface area contributed by atoms with Crippen molar-refractivity contribution >= 4 is 40.2 Å². The molecule has 4 aromatic rings. The maximum atomic E-state index is 15.0. The molecule has 0 saturated carbocycles. The van der Waals surface area contributed by atoms with Gasteiger partial charge in [-0.1, -0.05) is 31.7 Å². The van der Waals surface area contributed by atoms with E-state index in [-0.39, 0.29) is 45.6 Å². The van der Waals surface area contributed by atoms with Gasteiger partial charge >= 0.3 is 12.4 Å². The van der Waals surface area contributed by atoms with Gasteiger partial charge in [-0.25, -0.2) is 23.8 Å². The molecule has 2 aromatic heterocycles. The third-order valence-corrected chi connectivity index (χ3v) is 7.14. The average Bonchev–Trinajstić information content (AvgIpc) is 3.60. The normalized spacial score (nSPS) is 14.4. The summed E-state index contributed by atoms with van der Waals surface area (Å²) in [6, 6.07) is 10.6. The van der Waals surface area contributed by atoms with Crippen molar-refractivity contribution in [2.45, 2.75) is 26.1 Å². The highest BCUT2D eigenvalue weighted by molar-refractivity contribution is 8.15. The summed E-state index contributed by atoms with van der Waals surface area (Å²) in [7, 11) is 1.51.